The third-order valence-corrected chi connectivity index (χ3v) is 3.39. The van der Waals surface area contributed by atoms with Crippen LogP contribution in [0.25, 0.3) is 11.4 Å². The maximum atomic E-state index is 11.7. The monoisotopic (exact) mass is 330 g/mol. The van der Waals surface area contributed by atoms with Gasteiger partial charge in [-0.15, -0.1) is 5.10 Å². The summed E-state index contributed by atoms with van der Waals surface area (Å²) in [6.07, 6.45) is 0. The molecular weight excluding hydrogens is 308 g/mol. The Morgan fingerprint density at radius 2 is 1.83 bits per heavy atom. The van der Waals surface area contributed by atoms with E-state index < -0.39 is 11.8 Å². The fourth-order valence-electron chi connectivity index (χ4n) is 1.99. The van der Waals surface area contributed by atoms with E-state index in [0.29, 0.717) is 5.82 Å². The van der Waals surface area contributed by atoms with Crippen molar-refractivity contribution in [3.8, 4) is 11.4 Å². The number of aromatic amines is 1. The Morgan fingerprint density at radius 3 is 2.42 bits per heavy atom. The Kier molecular flexibility index (Phi) is 5.30. The topological polar surface area (TPSA) is 126 Å². The number of hydrogen-bond donors (Lipinski definition) is 4. The van der Waals surface area contributed by atoms with Gasteiger partial charge in [0, 0.05) is 5.56 Å². The number of carbonyl (C=O) groups is 2. The Labute approximate surface area is 140 Å². The van der Waals surface area contributed by atoms with Gasteiger partial charge in [0.25, 0.3) is 0 Å². The molecule has 0 saturated carbocycles. The van der Waals surface area contributed by atoms with Crippen LogP contribution < -0.4 is 16.4 Å². The van der Waals surface area contributed by atoms with Crippen LogP contribution in [0.4, 0.5) is 5.95 Å². The minimum Gasteiger partial charge on any atom is -0.346 e. The minimum atomic E-state index is -0.426. The van der Waals surface area contributed by atoms with E-state index in [-0.39, 0.29) is 24.5 Å². The summed E-state index contributed by atoms with van der Waals surface area (Å²) < 4.78 is 0. The van der Waals surface area contributed by atoms with Gasteiger partial charge >= 0.3 is 0 Å². The summed E-state index contributed by atoms with van der Waals surface area (Å²) in [6, 6.07) is 7.99. The number of anilines is 1. The molecule has 0 saturated heterocycles. The van der Waals surface area contributed by atoms with Gasteiger partial charge in [0.2, 0.25) is 17.8 Å². The number of aromatic nitrogens is 3. The molecule has 5 N–H and O–H groups in total. The maximum absolute atomic E-state index is 11.7. The largest absolute Gasteiger partial charge is 0.346 e. The molecule has 1 heterocycles. The van der Waals surface area contributed by atoms with E-state index in [9.17, 15) is 9.59 Å². The summed E-state index contributed by atoms with van der Waals surface area (Å²) in [5.74, 6) is -0.126. The number of nitrogens with one attached hydrogen (secondary N) is 3. The van der Waals surface area contributed by atoms with Crippen molar-refractivity contribution in [2.24, 2.45) is 5.73 Å². The first-order chi connectivity index (χ1) is 11.3. The van der Waals surface area contributed by atoms with Gasteiger partial charge in [0.1, 0.15) is 0 Å². The van der Waals surface area contributed by atoms with Crippen LogP contribution in [0.2, 0.25) is 0 Å². The Bertz CT molecular complexity index is 715. The number of benzene rings is 1. The lowest BCUT2D eigenvalue weighted by molar-refractivity contribution is -0.123. The molecule has 8 heteroatoms. The zero-order valence-corrected chi connectivity index (χ0v) is 14.0. The second-order valence-electron chi connectivity index (χ2n) is 6.36. The van der Waals surface area contributed by atoms with Crippen molar-refractivity contribution in [2.45, 2.75) is 26.2 Å². The molecule has 0 aliphatic heterocycles. The molecule has 0 atom stereocenters. The van der Waals surface area contributed by atoms with Gasteiger partial charge in [-0.2, -0.15) is 4.98 Å². The van der Waals surface area contributed by atoms with E-state index in [1.165, 1.54) is 5.56 Å². The fourth-order valence-corrected chi connectivity index (χ4v) is 1.99. The van der Waals surface area contributed by atoms with Crippen LogP contribution in [0.5, 0.6) is 0 Å². The molecule has 0 fully saturated rings. The first-order valence-electron chi connectivity index (χ1n) is 7.59. The highest BCUT2D eigenvalue weighted by atomic mass is 16.2. The summed E-state index contributed by atoms with van der Waals surface area (Å²) in [5, 5.41) is 11.6. The molecule has 8 nitrogen and oxygen atoms in total. The highest BCUT2D eigenvalue weighted by Crippen LogP contribution is 2.24. The van der Waals surface area contributed by atoms with Gasteiger partial charge in [-0.25, -0.2) is 0 Å². The van der Waals surface area contributed by atoms with Gasteiger partial charge in [-0.1, -0.05) is 45.0 Å². The average Bonchev–Trinajstić information content (AvgIpc) is 3.00. The molecule has 0 spiro atoms. The number of nitrogens with zero attached hydrogens (tertiary/aromatic N) is 2. The zero-order chi connectivity index (χ0) is 17.7. The first-order valence-corrected chi connectivity index (χ1v) is 7.59. The molecule has 0 aliphatic carbocycles. The van der Waals surface area contributed by atoms with Crippen molar-refractivity contribution in [2.75, 3.05) is 18.4 Å². The molecule has 128 valence electrons. The lowest BCUT2D eigenvalue weighted by atomic mass is 9.87. The molecule has 0 unspecified atom stereocenters. The SMILES string of the molecule is CC(C)(C)c1ccc(-c2nc(NC(=O)CNC(=O)CN)n[nH]2)cc1. The minimum absolute atomic E-state index is 0.0764. The van der Waals surface area contributed by atoms with Crippen molar-refractivity contribution in [3.63, 3.8) is 0 Å². The maximum Gasteiger partial charge on any atom is 0.249 e. The number of rotatable bonds is 5. The van der Waals surface area contributed by atoms with Crippen LogP contribution in [0.3, 0.4) is 0 Å². The molecule has 2 amide bonds. The van der Waals surface area contributed by atoms with E-state index in [2.05, 4.69) is 46.6 Å². The number of hydrogen-bond acceptors (Lipinski definition) is 5. The lowest BCUT2D eigenvalue weighted by Crippen LogP contribution is -2.36. The van der Waals surface area contributed by atoms with E-state index in [1.807, 2.05) is 24.3 Å². The summed E-state index contributed by atoms with van der Waals surface area (Å²) in [7, 11) is 0. The van der Waals surface area contributed by atoms with Crippen molar-refractivity contribution in [1.29, 1.82) is 0 Å². The molecule has 0 aliphatic rings. The zero-order valence-electron chi connectivity index (χ0n) is 14.0. The average molecular weight is 330 g/mol. The molecule has 24 heavy (non-hydrogen) atoms. The Morgan fingerprint density at radius 1 is 1.17 bits per heavy atom. The third kappa shape index (κ3) is 4.63. The van der Waals surface area contributed by atoms with E-state index in [1.54, 1.807) is 0 Å². The predicted octanol–water partition coefficient (Wildman–Crippen LogP) is 0.783. The predicted molar refractivity (Wildman–Crippen MR) is 91.2 cm³/mol. The van der Waals surface area contributed by atoms with Crippen molar-refractivity contribution in [1.82, 2.24) is 20.5 Å². The number of nitrogens with two attached hydrogens (primary N) is 1. The van der Waals surface area contributed by atoms with Crippen LogP contribution in [0.15, 0.2) is 24.3 Å². The second-order valence-corrected chi connectivity index (χ2v) is 6.36. The van der Waals surface area contributed by atoms with Crippen LogP contribution in [0.1, 0.15) is 26.3 Å². The smallest absolute Gasteiger partial charge is 0.249 e. The summed E-state index contributed by atoms with van der Waals surface area (Å²) in [6.45, 7) is 6.09. The van der Waals surface area contributed by atoms with E-state index in [0.717, 1.165) is 5.56 Å². The number of carbonyl (C=O) groups excluding carboxylic acids is 2. The molecule has 0 radical (unpaired) electrons. The Balaban J connectivity index is 2.00. The van der Waals surface area contributed by atoms with Crippen LogP contribution in [-0.4, -0.2) is 40.1 Å². The van der Waals surface area contributed by atoms with Crippen LogP contribution >= 0.6 is 0 Å². The Hall–Kier alpha value is -2.74. The molecule has 1 aromatic carbocycles. The standard InChI is InChI=1S/C16H22N6O2/c1-16(2,3)11-6-4-10(5-7-11)14-20-15(22-21-14)19-13(24)9-18-12(23)8-17/h4-7H,8-9,17H2,1-3H3,(H,18,23)(H2,19,20,21,22,24). The van der Waals surface area contributed by atoms with Gasteiger partial charge < -0.3 is 11.1 Å². The third-order valence-electron chi connectivity index (χ3n) is 3.39. The molecule has 1 aromatic heterocycles. The van der Waals surface area contributed by atoms with Gasteiger partial charge in [0.15, 0.2) is 5.82 Å². The van der Waals surface area contributed by atoms with E-state index in [4.69, 9.17) is 5.73 Å². The highest BCUT2D eigenvalue weighted by molar-refractivity contribution is 5.93. The van der Waals surface area contributed by atoms with Gasteiger partial charge in [-0.05, 0) is 11.0 Å². The number of amides is 2. The van der Waals surface area contributed by atoms with Gasteiger partial charge in [0.05, 0.1) is 13.1 Å². The second kappa shape index (κ2) is 7.22. The number of H-pyrrole nitrogens is 1. The molecule has 0 bridgehead atoms. The summed E-state index contributed by atoms with van der Waals surface area (Å²) in [4.78, 5) is 26.9. The fraction of sp³-hybridized carbons (Fsp3) is 0.375. The van der Waals surface area contributed by atoms with Crippen LogP contribution in [-0.2, 0) is 15.0 Å². The molecular formula is C16H22N6O2. The van der Waals surface area contributed by atoms with Gasteiger partial charge in [-0.3, -0.25) is 20.0 Å². The highest BCUT2D eigenvalue weighted by Gasteiger charge is 2.14. The first kappa shape index (κ1) is 17.6. The lowest BCUT2D eigenvalue weighted by Gasteiger charge is -2.18. The molecule has 2 aromatic rings. The molecule has 2 rings (SSSR count). The van der Waals surface area contributed by atoms with Crippen molar-refractivity contribution in [3.05, 3.63) is 29.8 Å². The van der Waals surface area contributed by atoms with E-state index >= 15 is 0 Å². The quantitative estimate of drug-likeness (QED) is 0.644. The summed E-state index contributed by atoms with van der Waals surface area (Å²) >= 11 is 0. The van der Waals surface area contributed by atoms with Crippen molar-refractivity contribution >= 4 is 17.8 Å². The van der Waals surface area contributed by atoms with Crippen molar-refractivity contribution < 1.29 is 9.59 Å². The van der Waals surface area contributed by atoms with Crippen LogP contribution in [0, 0.1) is 0 Å². The normalized spacial score (nSPS) is 11.2. The summed E-state index contributed by atoms with van der Waals surface area (Å²) in [5.41, 5.74) is 7.30.